The number of rotatable bonds is 2. The fraction of sp³-hybridized carbons (Fsp3) is 0.800. The fourth-order valence-corrected chi connectivity index (χ4v) is 2.61. The first-order valence-corrected chi connectivity index (χ1v) is 4.67. The largest absolute Gasteiger partial charge is 0.317 e. The lowest BCUT2D eigenvalue weighted by atomic mass is 9.88. The van der Waals surface area contributed by atoms with E-state index in [9.17, 15) is 0 Å². The topological polar surface area (TPSA) is 12.0 Å². The molecule has 0 aromatic carbocycles. The maximum atomic E-state index is 3.36. The molecule has 2 aliphatic rings. The molecule has 0 aromatic heterocycles. The maximum absolute atomic E-state index is 3.36. The van der Waals surface area contributed by atoms with Crippen LogP contribution in [0.2, 0.25) is 0 Å². The van der Waals surface area contributed by atoms with Crippen molar-refractivity contribution in [2.45, 2.75) is 25.8 Å². The molecule has 0 aliphatic heterocycles. The molecule has 1 fully saturated rings. The average Bonchev–Trinajstić information content (AvgIpc) is 2.62. The van der Waals surface area contributed by atoms with Crippen LogP contribution in [0.3, 0.4) is 0 Å². The van der Waals surface area contributed by atoms with Crippen molar-refractivity contribution < 1.29 is 0 Å². The van der Waals surface area contributed by atoms with Crippen molar-refractivity contribution in [1.82, 2.24) is 5.32 Å². The van der Waals surface area contributed by atoms with Gasteiger partial charge >= 0.3 is 0 Å². The Balaban J connectivity index is 2.02. The molecule has 0 radical (unpaired) electrons. The lowest BCUT2D eigenvalue weighted by molar-refractivity contribution is 0.343. The van der Waals surface area contributed by atoms with E-state index in [0.717, 1.165) is 17.8 Å². The second-order valence-electron chi connectivity index (χ2n) is 4.02. The quantitative estimate of drug-likeness (QED) is 0.593. The molecule has 62 valence electrons. The van der Waals surface area contributed by atoms with E-state index in [-0.39, 0.29) is 0 Å². The second kappa shape index (κ2) is 2.63. The zero-order valence-corrected chi connectivity index (χ0v) is 7.38. The molecule has 0 heterocycles. The number of hydrogen-bond acceptors (Lipinski definition) is 1. The van der Waals surface area contributed by atoms with Crippen molar-refractivity contribution in [3.63, 3.8) is 0 Å². The summed E-state index contributed by atoms with van der Waals surface area (Å²) in [6.45, 7) is 2.30. The molecule has 0 spiro atoms. The van der Waals surface area contributed by atoms with Crippen molar-refractivity contribution in [2.24, 2.45) is 17.8 Å². The molecule has 4 atom stereocenters. The van der Waals surface area contributed by atoms with Crippen molar-refractivity contribution in [3.05, 3.63) is 12.2 Å². The van der Waals surface area contributed by atoms with E-state index in [0.29, 0.717) is 6.04 Å². The third kappa shape index (κ3) is 1.12. The van der Waals surface area contributed by atoms with Crippen molar-refractivity contribution in [1.29, 1.82) is 0 Å². The Morgan fingerprint density at radius 3 is 2.64 bits per heavy atom. The molecular formula is C10H17N. The normalized spacial score (nSPS) is 43.3. The Kier molecular flexibility index (Phi) is 1.76. The van der Waals surface area contributed by atoms with Gasteiger partial charge in [0.05, 0.1) is 0 Å². The first-order chi connectivity index (χ1) is 5.31. The van der Waals surface area contributed by atoms with E-state index < -0.39 is 0 Å². The predicted octanol–water partition coefficient (Wildman–Crippen LogP) is 1.81. The van der Waals surface area contributed by atoms with Gasteiger partial charge in [-0.2, -0.15) is 0 Å². The predicted molar refractivity (Wildman–Crippen MR) is 47.4 cm³/mol. The van der Waals surface area contributed by atoms with E-state index in [1.807, 2.05) is 0 Å². The van der Waals surface area contributed by atoms with Crippen molar-refractivity contribution in [3.8, 4) is 0 Å². The monoisotopic (exact) mass is 151 g/mol. The van der Waals surface area contributed by atoms with Gasteiger partial charge in [0.25, 0.3) is 0 Å². The van der Waals surface area contributed by atoms with Crippen LogP contribution in [0.5, 0.6) is 0 Å². The van der Waals surface area contributed by atoms with Gasteiger partial charge in [-0.3, -0.25) is 0 Å². The summed E-state index contributed by atoms with van der Waals surface area (Å²) < 4.78 is 0. The summed E-state index contributed by atoms with van der Waals surface area (Å²) in [6, 6.07) is 0.704. The van der Waals surface area contributed by atoms with Crippen LogP contribution in [-0.2, 0) is 0 Å². The third-order valence-electron chi connectivity index (χ3n) is 3.43. The van der Waals surface area contributed by atoms with Crippen molar-refractivity contribution in [2.75, 3.05) is 7.05 Å². The Morgan fingerprint density at radius 1 is 1.36 bits per heavy atom. The van der Waals surface area contributed by atoms with Crippen LogP contribution in [0.4, 0.5) is 0 Å². The Morgan fingerprint density at radius 2 is 2.18 bits per heavy atom. The number of allylic oxidation sites excluding steroid dienone is 2. The van der Waals surface area contributed by atoms with Crippen LogP contribution in [0.15, 0.2) is 12.2 Å². The molecule has 2 aliphatic carbocycles. The van der Waals surface area contributed by atoms with E-state index in [4.69, 9.17) is 0 Å². The van der Waals surface area contributed by atoms with Crippen LogP contribution in [0.1, 0.15) is 19.8 Å². The van der Waals surface area contributed by atoms with E-state index in [1.165, 1.54) is 12.8 Å². The van der Waals surface area contributed by atoms with E-state index in [2.05, 4.69) is 31.4 Å². The van der Waals surface area contributed by atoms with Gasteiger partial charge in [0.2, 0.25) is 0 Å². The van der Waals surface area contributed by atoms with Gasteiger partial charge in [0, 0.05) is 6.04 Å². The van der Waals surface area contributed by atoms with Gasteiger partial charge in [-0.25, -0.2) is 0 Å². The molecule has 0 saturated heterocycles. The summed E-state index contributed by atoms with van der Waals surface area (Å²) in [4.78, 5) is 0. The minimum atomic E-state index is 0.704. The molecular weight excluding hydrogens is 134 g/mol. The fourth-order valence-electron chi connectivity index (χ4n) is 2.61. The van der Waals surface area contributed by atoms with Crippen LogP contribution in [-0.4, -0.2) is 13.1 Å². The highest BCUT2D eigenvalue weighted by molar-refractivity contribution is 5.11. The summed E-state index contributed by atoms with van der Waals surface area (Å²) in [5.74, 6) is 2.72. The molecule has 11 heavy (non-hydrogen) atoms. The molecule has 1 saturated carbocycles. The lowest BCUT2D eigenvalue weighted by Crippen LogP contribution is -2.32. The van der Waals surface area contributed by atoms with E-state index in [1.54, 1.807) is 0 Å². The van der Waals surface area contributed by atoms with Crippen LogP contribution >= 0.6 is 0 Å². The summed E-state index contributed by atoms with van der Waals surface area (Å²) >= 11 is 0. The van der Waals surface area contributed by atoms with Gasteiger partial charge in [-0.05, 0) is 44.6 Å². The van der Waals surface area contributed by atoms with Gasteiger partial charge < -0.3 is 5.32 Å². The molecule has 2 rings (SSSR count). The highest BCUT2D eigenvalue weighted by Crippen LogP contribution is 2.44. The smallest absolute Gasteiger partial charge is 0.00698 e. The molecule has 1 N–H and O–H groups in total. The molecule has 1 nitrogen and oxygen atoms in total. The second-order valence-corrected chi connectivity index (χ2v) is 4.02. The molecule has 2 bridgehead atoms. The molecule has 1 heteroatoms. The van der Waals surface area contributed by atoms with Gasteiger partial charge in [0.15, 0.2) is 0 Å². The minimum Gasteiger partial charge on any atom is -0.317 e. The van der Waals surface area contributed by atoms with Gasteiger partial charge in [0.1, 0.15) is 0 Å². The van der Waals surface area contributed by atoms with Crippen LogP contribution < -0.4 is 5.32 Å². The zero-order valence-electron chi connectivity index (χ0n) is 7.38. The summed E-state index contributed by atoms with van der Waals surface area (Å²) in [5.41, 5.74) is 0. The van der Waals surface area contributed by atoms with Crippen molar-refractivity contribution >= 4 is 0 Å². The van der Waals surface area contributed by atoms with E-state index >= 15 is 0 Å². The van der Waals surface area contributed by atoms with Crippen LogP contribution in [0.25, 0.3) is 0 Å². The number of nitrogens with one attached hydrogen (secondary N) is 1. The highest BCUT2D eigenvalue weighted by Gasteiger charge is 2.37. The van der Waals surface area contributed by atoms with Crippen LogP contribution in [0, 0.1) is 17.8 Å². The average molecular weight is 151 g/mol. The maximum Gasteiger partial charge on any atom is 0.00698 e. The first-order valence-electron chi connectivity index (χ1n) is 4.67. The third-order valence-corrected chi connectivity index (χ3v) is 3.43. The Hall–Kier alpha value is -0.300. The molecule has 0 aromatic rings. The summed E-state index contributed by atoms with van der Waals surface area (Å²) in [7, 11) is 2.07. The summed E-state index contributed by atoms with van der Waals surface area (Å²) in [6.07, 6.45) is 7.68. The van der Waals surface area contributed by atoms with Gasteiger partial charge in [-0.15, -0.1) is 0 Å². The Labute approximate surface area is 68.9 Å². The first kappa shape index (κ1) is 7.35. The highest BCUT2D eigenvalue weighted by atomic mass is 14.9. The SMILES string of the molecule is CNC(C)C1C[C@H]2C=C[C@@H]1C2. The Bertz CT molecular complexity index is 174. The minimum absolute atomic E-state index is 0.704. The summed E-state index contributed by atoms with van der Waals surface area (Å²) in [5, 5.41) is 3.36. The number of fused-ring (bicyclic) bond motifs is 2. The molecule has 2 unspecified atom stereocenters. The lowest BCUT2D eigenvalue weighted by Gasteiger charge is -2.24. The standard InChI is InChI=1S/C10H17N/c1-7(11-2)10-6-8-3-4-9(10)5-8/h3-4,7-11H,5-6H2,1-2H3/t7?,8-,9+,10?/m0/s1. The number of hydrogen-bond donors (Lipinski definition) is 1. The molecule has 0 amide bonds. The zero-order chi connectivity index (χ0) is 7.84. The van der Waals surface area contributed by atoms with Gasteiger partial charge in [-0.1, -0.05) is 12.2 Å².